The minimum Gasteiger partial charge on any atom is -0.349 e. The highest BCUT2D eigenvalue weighted by molar-refractivity contribution is 5.56. The van der Waals surface area contributed by atoms with Crippen molar-refractivity contribution in [3.8, 4) is 0 Å². The fourth-order valence-electron chi connectivity index (χ4n) is 2.32. The van der Waals surface area contributed by atoms with Crippen molar-refractivity contribution in [3.05, 3.63) is 35.4 Å². The lowest BCUT2D eigenvalue weighted by Gasteiger charge is -2.17. The monoisotopic (exact) mass is 262 g/mol. The molecule has 104 valence electrons. The van der Waals surface area contributed by atoms with E-state index >= 15 is 0 Å². The van der Waals surface area contributed by atoms with E-state index in [9.17, 15) is 4.79 Å². The van der Waals surface area contributed by atoms with Gasteiger partial charge in [-0.05, 0) is 23.0 Å². The second kappa shape index (κ2) is 6.31. The zero-order chi connectivity index (χ0) is 13.8. The van der Waals surface area contributed by atoms with Crippen LogP contribution in [0.4, 0.5) is 0 Å². The van der Waals surface area contributed by atoms with Crippen LogP contribution in [0.2, 0.25) is 0 Å². The Labute approximate surface area is 114 Å². The van der Waals surface area contributed by atoms with E-state index in [4.69, 9.17) is 9.47 Å². The Hall–Kier alpha value is -1.19. The first-order chi connectivity index (χ1) is 9.10. The van der Waals surface area contributed by atoms with Crippen LogP contribution < -0.4 is 0 Å². The van der Waals surface area contributed by atoms with Crippen molar-refractivity contribution in [2.75, 3.05) is 6.61 Å². The van der Waals surface area contributed by atoms with Gasteiger partial charge >= 0.3 is 0 Å². The molecule has 0 bridgehead atoms. The number of ether oxygens (including phenoxy) is 2. The first kappa shape index (κ1) is 14.2. The van der Waals surface area contributed by atoms with Crippen molar-refractivity contribution in [3.63, 3.8) is 0 Å². The fourth-order valence-corrected chi connectivity index (χ4v) is 2.32. The third kappa shape index (κ3) is 3.64. The molecular weight excluding hydrogens is 240 g/mol. The highest BCUT2D eigenvalue weighted by atomic mass is 16.7. The maximum Gasteiger partial charge on any atom is 0.159 e. The van der Waals surface area contributed by atoms with E-state index < -0.39 is 0 Å². The van der Waals surface area contributed by atoms with Gasteiger partial charge in [0, 0.05) is 6.42 Å². The second-order valence-electron chi connectivity index (χ2n) is 5.54. The number of hydrogen-bond acceptors (Lipinski definition) is 3. The van der Waals surface area contributed by atoms with Gasteiger partial charge < -0.3 is 14.3 Å². The number of hydrogen-bond donors (Lipinski definition) is 0. The van der Waals surface area contributed by atoms with E-state index in [2.05, 4.69) is 45.0 Å². The number of carbonyl (C=O) groups is 1. The van der Waals surface area contributed by atoms with Crippen molar-refractivity contribution >= 4 is 6.29 Å². The third-order valence-corrected chi connectivity index (χ3v) is 3.62. The highest BCUT2D eigenvalue weighted by Gasteiger charge is 2.27. The predicted octanol–water partition coefficient (Wildman–Crippen LogP) is 3.24. The van der Waals surface area contributed by atoms with Gasteiger partial charge in [0.2, 0.25) is 0 Å². The van der Waals surface area contributed by atoms with Crippen LogP contribution in [0.5, 0.6) is 0 Å². The minimum absolute atomic E-state index is 0.257. The molecule has 3 heteroatoms. The molecular formula is C16H22O3. The standard InChI is InChI=1S/C16H22O3/c1-11(2)13-5-4-6-14(8-13)12(3)7-16-18-10-15(9-17)19-16/h4-6,8-9,11-12,15-16H,7,10H2,1-3H3. The van der Waals surface area contributed by atoms with Gasteiger partial charge in [-0.2, -0.15) is 0 Å². The van der Waals surface area contributed by atoms with Gasteiger partial charge in [0.15, 0.2) is 12.6 Å². The molecule has 1 aromatic carbocycles. The van der Waals surface area contributed by atoms with E-state index in [1.54, 1.807) is 0 Å². The normalized spacial score (nSPS) is 24.6. The topological polar surface area (TPSA) is 35.5 Å². The zero-order valence-corrected chi connectivity index (χ0v) is 11.8. The SMILES string of the molecule is CC(C)c1cccc(C(C)CC2OCC(C=O)O2)c1. The van der Waals surface area contributed by atoms with Gasteiger partial charge in [-0.25, -0.2) is 0 Å². The van der Waals surface area contributed by atoms with E-state index in [0.717, 1.165) is 12.7 Å². The first-order valence-corrected chi connectivity index (χ1v) is 6.92. The van der Waals surface area contributed by atoms with Gasteiger partial charge in [0.25, 0.3) is 0 Å². The molecule has 2 rings (SSSR count). The lowest BCUT2D eigenvalue weighted by Crippen LogP contribution is -2.15. The minimum atomic E-state index is -0.390. The van der Waals surface area contributed by atoms with Crippen molar-refractivity contribution in [1.29, 1.82) is 0 Å². The quantitative estimate of drug-likeness (QED) is 0.764. The van der Waals surface area contributed by atoms with E-state index in [1.807, 2.05) is 0 Å². The van der Waals surface area contributed by atoms with Gasteiger partial charge in [-0.15, -0.1) is 0 Å². The Morgan fingerprint density at radius 3 is 2.68 bits per heavy atom. The highest BCUT2D eigenvalue weighted by Crippen LogP contribution is 2.27. The summed E-state index contributed by atoms with van der Waals surface area (Å²) in [5.41, 5.74) is 2.65. The smallest absolute Gasteiger partial charge is 0.159 e. The molecule has 1 saturated heterocycles. The molecule has 3 nitrogen and oxygen atoms in total. The van der Waals surface area contributed by atoms with Crippen LogP contribution in [0.1, 0.15) is 50.2 Å². The Bertz CT molecular complexity index is 428. The Kier molecular flexibility index (Phi) is 4.72. The van der Waals surface area contributed by atoms with Crippen LogP contribution >= 0.6 is 0 Å². The number of carbonyl (C=O) groups excluding carboxylic acids is 1. The summed E-state index contributed by atoms with van der Waals surface area (Å²) < 4.78 is 11.0. The first-order valence-electron chi connectivity index (χ1n) is 6.92. The Morgan fingerprint density at radius 2 is 2.05 bits per heavy atom. The average Bonchev–Trinajstić information content (AvgIpc) is 2.86. The molecule has 0 spiro atoms. The maximum atomic E-state index is 10.6. The molecule has 3 atom stereocenters. The van der Waals surface area contributed by atoms with Crippen LogP contribution in [-0.2, 0) is 14.3 Å². The van der Waals surface area contributed by atoms with Crippen LogP contribution in [-0.4, -0.2) is 25.3 Å². The fraction of sp³-hybridized carbons (Fsp3) is 0.562. The van der Waals surface area contributed by atoms with E-state index in [-0.39, 0.29) is 12.4 Å². The molecule has 0 saturated carbocycles. The maximum absolute atomic E-state index is 10.6. The van der Waals surface area contributed by atoms with Crippen LogP contribution in [0.15, 0.2) is 24.3 Å². The molecule has 0 amide bonds. The van der Waals surface area contributed by atoms with E-state index in [1.165, 1.54) is 11.1 Å². The lowest BCUT2D eigenvalue weighted by atomic mass is 9.93. The summed E-state index contributed by atoms with van der Waals surface area (Å²) in [7, 11) is 0. The van der Waals surface area contributed by atoms with Crippen LogP contribution in [0.3, 0.4) is 0 Å². The van der Waals surface area contributed by atoms with Gasteiger partial charge in [0.05, 0.1) is 6.61 Å². The Balaban J connectivity index is 1.98. The van der Waals surface area contributed by atoms with Gasteiger partial charge in [-0.1, -0.05) is 45.0 Å². The van der Waals surface area contributed by atoms with Crippen molar-refractivity contribution in [2.24, 2.45) is 0 Å². The molecule has 1 fully saturated rings. The number of rotatable bonds is 5. The molecule has 1 aliphatic rings. The largest absolute Gasteiger partial charge is 0.349 e. The van der Waals surface area contributed by atoms with Gasteiger partial charge in [-0.3, -0.25) is 0 Å². The molecule has 0 aliphatic carbocycles. The molecule has 0 aromatic heterocycles. The van der Waals surface area contributed by atoms with Crippen molar-refractivity contribution < 1.29 is 14.3 Å². The number of benzene rings is 1. The molecule has 0 radical (unpaired) electrons. The summed E-state index contributed by atoms with van der Waals surface area (Å²) in [5, 5.41) is 0. The average molecular weight is 262 g/mol. The third-order valence-electron chi connectivity index (χ3n) is 3.62. The molecule has 1 aliphatic heterocycles. The zero-order valence-electron chi connectivity index (χ0n) is 11.8. The second-order valence-corrected chi connectivity index (χ2v) is 5.54. The summed E-state index contributed by atoms with van der Waals surface area (Å²) >= 11 is 0. The van der Waals surface area contributed by atoms with E-state index in [0.29, 0.717) is 18.4 Å². The van der Waals surface area contributed by atoms with Crippen LogP contribution in [0.25, 0.3) is 0 Å². The van der Waals surface area contributed by atoms with Crippen molar-refractivity contribution in [2.45, 2.75) is 51.4 Å². The number of aldehydes is 1. The van der Waals surface area contributed by atoms with Gasteiger partial charge in [0.1, 0.15) is 6.10 Å². The summed E-state index contributed by atoms with van der Waals surface area (Å²) in [6, 6.07) is 8.65. The molecule has 1 heterocycles. The van der Waals surface area contributed by atoms with Crippen molar-refractivity contribution in [1.82, 2.24) is 0 Å². The molecule has 19 heavy (non-hydrogen) atoms. The predicted molar refractivity (Wildman–Crippen MR) is 74.2 cm³/mol. The summed E-state index contributed by atoms with van der Waals surface area (Å²) in [6.45, 7) is 6.94. The summed E-state index contributed by atoms with van der Waals surface area (Å²) in [4.78, 5) is 10.6. The summed E-state index contributed by atoms with van der Waals surface area (Å²) in [5.74, 6) is 0.889. The lowest BCUT2D eigenvalue weighted by molar-refractivity contribution is -0.120. The molecule has 3 unspecified atom stereocenters. The Morgan fingerprint density at radius 1 is 1.32 bits per heavy atom. The molecule has 0 N–H and O–H groups in total. The van der Waals surface area contributed by atoms with Crippen LogP contribution in [0, 0.1) is 0 Å². The summed E-state index contributed by atoms with van der Waals surface area (Å²) in [6.07, 6.45) is 0.947. The molecule has 1 aromatic rings.